The van der Waals surface area contributed by atoms with E-state index in [9.17, 15) is 14.0 Å². The molecule has 3 rings (SSSR count). The summed E-state index contributed by atoms with van der Waals surface area (Å²) in [4.78, 5) is 11.9. The number of ether oxygens (including phenoxy) is 2. The van der Waals surface area contributed by atoms with Gasteiger partial charge in [-0.3, -0.25) is 4.72 Å². The minimum absolute atomic E-state index is 0.108. The number of aromatic nitrogens is 3. The third-order valence-electron chi connectivity index (χ3n) is 3.54. The summed E-state index contributed by atoms with van der Waals surface area (Å²) in [6.45, 7) is -1.51. The Kier molecular flexibility index (Phi) is 5.53. The molecule has 2 aromatic heterocycles. The predicted molar refractivity (Wildman–Crippen MR) is 97.5 cm³/mol. The quantitative estimate of drug-likeness (QED) is 0.575. The molecule has 0 saturated carbocycles. The highest BCUT2D eigenvalue weighted by Crippen LogP contribution is 2.34. The number of halogens is 3. The smallest absolute Gasteiger partial charge is 0.387 e. The van der Waals surface area contributed by atoms with Crippen LogP contribution >= 0.6 is 23.5 Å². The number of H-pyrrole nitrogens is 1. The van der Waals surface area contributed by atoms with Gasteiger partial charge in [-0.1, -0.05) is 17.7 Å². The first-order valence-electron chi connectivity index (χ1n) is 7.44. The summed E-state index contributed by atoms with van der Waals surface area (Å²) in [7, 11) is 1.30. The van der Waals surface area contributed by atoms with E-state index >= 15 is 0 Å². The first-order chi connectivity index (χ1) is 12.9. The minimum atomic E-state index is -3.01. The molecule has 11 heteroatoms. The Labute approximate surface area is 161 Å². The van der Waals surface area contributed by atoms with Gasteiger partial charge in [-0.05, 0) is 24.9 Å². The standard InChI is InChI=1S/C16H12ClF2N5O2S/c1-7-13(26-15(18)19)14(25-2)23-16(22-7)24-27-11-6-21-12-8(11)3-4-10(17)9(12)5-20/h3-4,6,15,21H,1-2H3,(H,22,23,24). The predicted octanol–water partition coefficient (Wildman–Crippen LogP) is 4.52. The number of fused-ring (bicyclic) bond motifs is 1. The van der Waals surface area contributed by atoms with E-state index in [0.29, 0.717) is 16.1 Å². The van der Waals surface area contributed by atoms with Crippen LogP contribution in [0.25, 0.3) is 10.9 Å². The largest absolute Gasteiger partial charge is 0.478 e. The normalized spacial score (nSPS) is 10.9. The second-order valence-corrected chi connectivity index (χ2v) is 6.42. The van der Waals surface area contributed by atoms with Crippen molar-refractivity contribution in [3.05, 3.63) is 34.6 Å². The number of nitriles is 1. The third-order valence-corrected chi connectivity index (χ3v) is 4.69. The van der Waals surface area contributed by atoms with Crippen LogP contribution in [0.5, 0.6) is 11.6 Å². The molecule has 0 aliphatic rings. The van der Waals surface area contributed by atoms with Crippen LogP contribution in [-0.4, -0.2) is 28.7 Å². The van der Waals surface area contributed by atoms with Crippen LogP contribution in [0.15, 0.2) is 23.2 Å². The third kappa shape index (κ3) is 3.84. The lowest BCUT2D eigenvalue weighted by Crippen LogP contribution is -2.08. The average Bonchev–Trinajstić information content (AvgIpc) is 3.04. The van der Waals surface area contributed by atoms with Gasteiger partial charge in [0.25, 0.3) is 5.88 Å². The molecule has 2 heterocycles. The maximum absolute atomic E-state index is 12.5. The summed E-state index contributed by atoms with van der Waals surface area (Å²) in [6.07, 6.45) is 1.71. The summed E-state index contributed by atoms with van der Waals surface area (Å²) in [5, 5.41) is 10.4. The van der Waals surface area contributed by atoms with Crippen molar-refractivity contribution in [2.24, 2.45) is 0 Å². The average molecular weight is 412 g/mol. The van der Waals surface area contributed by atoms with Gasteiger partial charge in [-0.15, -0.1) is 0 Å². The van der Waals surface area contributed by atoms with Crippen molar-refractivity contribution in [1.82, 2.24) is 15.0 Å². The number of nitrogens with one attached hydrogen (secondary N) is 2. The monoisotopic (exact) mass is 411 g/mol. The number of benzene rings is 1. The van der Waals surface area contributed by atoms with Crippen LogP contribution in [0.2, 0.25) is 5.02 Å². The van der Waals surface area contributed by atoms with Crippen molar-refractivity contribution in [3.8, 4) is 17.7 Å². The molecule has 0 unspecified atom stereocenters. The number of alkyl halides is 2. The number of nitrogens with zero attached hydrogens (tertiary/aromatic N) is 3. The summed E-state index contributed by atoms with van der Waals surface area (Å²) in [5.74, 6) is -0.174. The highest BCUT2D eigenvalue weighted by atomic mass is 35.5. The van der Waals surface area contributed by atoms with Crippen molar-refractivity contribution in [1.29, 1.82) is 5.26 Å². The van der Waals surface area contributed by atoms with Crippen molar-refractivity contribution >= 4 is 40.4 Å². The highest BCUT2D eigenvalue weighted by molar-refractivity contribution is 8.00. The molecule has 0 radical (unpaired) electrons. The lowest BCUT2D eigenvalue weighted by molar-refractivity contribution is -0.0523. The molecule has 0 spiro atoms. The van der Waals surface area contributed by atoms with Gasteiger partial charge in [-0.2, -0.15) is 19.0 Å². The van der Waals surface area contributed by atoms with E-state index in [1.54, 1.807) is 18.3 Å². The van der Waals surface area contributed by atoms with Gasteiger partial charge in [0.2, 0.25) is 11.7 Å². The van der Waals surface area contributed by atoms with Gasteiger partial charge >= 0.3 is 6.61 Å². The zero-order valence-electron chi connectivity index (χ0n) is 14.0. The topological polar surface area (TPSA) is 95.8 Å². The maximum Gasteiger partial charge on any atom is 0.387 e. The number of aromatic amines is 1. The Balaban J connectivity index is 1.86. The summed E-state index contributed by atoms with van der Waals surface area (Å²) in [5.41, 5.74) is 1.16. The Hall–Kier alpha value is -2.77. The van der Waals surface area contributed by atoms with E-state index in [-0.39, 0.29) is 23.3 Å². The molecule has 27 heavy (non-hydrogen) atoms. The second-order valence-electron chi connectivity index (χ2n) is 5.16. The highest BCUT2D eigenvalue weighted by Gasteiger charge is 2.18. The van der Waals surface area contributed by atoms with Crippen molar-refractivity contribution < 1.29 is 18.3 Å². The number of hydrogen-bond donors (Lipinski definition) is 2. The van der Waals surface area contributed by atoms with Crippen LogP contribution in [0, 0.1) is 18.3 Å². The van der Waals surface area contributed by atoms with Gasteiger partial charge in [0.05, 0.1) is 33.8 Å². The van der Waals surface area contributed by atoms with Gasteiger partial charge in [0, 0.05) is 11.6 Å². The number of methoxy groups -OCH3 is 1. The second kappa shape index (κ2) is 7.85. The Morgan fingerprint density at radius 2 is 2.15 bits per heavy atom. The molecule has 0 fully saturated rings. The fraction of sp³-hybridized carbons (Fsp3) is 0.188. The molecule has 2 N–H and O–H groups in total. The van der Waals surface area contributed by atoms with E-state index in [1.165, 1.54) is 26.0 Å². The summed E-state index contributed by atoms with van der Waals surface area (Å²) in [6, 6.07) is 5.48. The zero-order chi connectivity index (χ0) is 19.6. The SMILES string of the molecule is COc1nc(NSc2c[nH]c3c(C#N)c(Cl)ccc23)nc(C)c1OC(F)F. The van der Waals surface area contributed by atoms with Gasteiger partial charge < -0.3 is 14.5 Å². The van der Waals surface area contributed by atoms with Gasteiger partial charge in [0.15, 0.2) is 0 Å². The number of anilines is 1. The lowest BCUT2D eigenvalue weighted by atomic mass is 10.1. The lowest BCUT2D eigenvalue weighted by Gasteiger charge is -2.12. The van der Waals surface area contributed by atoms with Crippen LogP contribution in [0.4, 0.5) is 14.7 Å². The molecule has 0 amide bonds. The van der Waals surface area contributed by atoms with Crippen LogP contribution in [-0.2, 0) is 0 Å². The Bertz CT molecular complexity index is 1040. The van der Waals surface area contributed by atoms with E-state index < -0.39 is 6.61 Å². The molecule has 0 aliphatic heterocycles. The number of hydrogen-bond acceptors (Lipinski definition) is 7. The van der Waals surface area contributed by atoms with Crippen LogP contribution in [0.3, 0.4) is 0 Å². The zero-order valence-corrected chi connectivity index (χ0v) is 15.6. The first kappa shape index (κ1) is 19.0. The molecule has 0 saturated heterocycles. The Morgan fingerprint density at radius 1 is 1.37 bits per heavy atom. The van der Waals surface area contributed by atoms with Crippen molar-refractivity contribution in [2.75, 3.05) is 11.8 Å². The Morgan fingerprint density at radius 3 is 2.81 bits per heavy atom. The minimum Gasteiger partial charge on any atom is -0.478 e. The maximum atomic E-state index is 12.5. The molecule has 3 aromatic rings. The molecule has 1 aromatic carbocycles. The molecular formula is C16H12ClF2N5O2S. The molecule has 7 nitrogen and oxygen atoms in total. The number of rotatable bonds is 6. The summed E-state index contributed by atoms with van der Waals surface area (Å²) < 4.78 is 37.3. The first-order valence-corrected chi connectivity index (χ1v) is 8.64. The van der Waals surface area contributed by atoms with Gasteiger partial charge in [-0.25, -0.2) is 4.98 Å². The molecular weight excluding hydrogens is 400 g/mol. The van der Waals surface area contributed by atoms with Crippen LogP contribution in [0.1, 0.15) is 11.3 Å². The number of aryl methyl sites for hydroxylation is 1. The molecule has 0 aliphatic carbocycles. The fourth-order valence-corrected chi connectivity index (χ4v) is 3.28. The van der Waals surface area contributed by atoms with Gasteiger partial charge in [0.1, 0.15) is 6.07 Å². The van der Waals surface area contributed by atoms with E-state index in [4.69, 9.17) is 16.3 Å². The van der Waals surface area contributed by atoms with Crippen LogP contribution < -0.4 is 14.2 Å². The van der Waals surface area contributed by atoms with E-state index in [1.807, 2.05) is 0 Å². The molecule has 0 atom stereocenters. The van der Waals surface area contributed by atoms with Crippen molar-refractivity contribution in [2.45, 2.75) is 18.4 Å². The summed E-state index contributed by atoms with van der Waals surface area (Å²) >= 11 is 7.20. The van der Waals surface area contributed by atoms with E-state index in [2.05, 4.69) is 30.5 Å². The molecule has 0 bridgehead atoms. The van der Waals surface area contributed by atoms with E-state index in [0.717, 1.165) is 10.3 Å². The fourth-order valence-electron chi connectivity index (χ4n) is 2.39. The van der Waals surface area contributed by atoms with Crippen molar-refractivity contribution in [3.63, 3.8) is 0 Å². The molecule has 140 valence electrons.